The molecule has 1 fully saturated rings. The Morgan fingerprint density at radius 3 is 2.61 bits per heavy atom. The normalized spacial score (nSPS) is 26.5. The molecule has 2 heterocycles. The number of fused-ring (bicyclic) bond motifs is 1. The Kier molecular flexibility index (Phi) is 6.64. The highest BCUT2D eigenvalue weighted by Gasteiger charge is 2.49. The number of aliphatic hydroxyl groups is 2. The molecule has 0 saturated carbocycles. The van der Waals surface area contributed by atoms with Crippen molar-refractivity contribution >= 4 is 27.3 Å². The molecule has 4 N–H and O–H groups in total. The Morgan fingerprint density at radius 1 is 1.29 bits per heavy atom. The van der Waals surface area contributed by atoms with E-state index in [0.29, 0.717) is 10.9 Å². The first-order valence-corrected chi connectivity index (χ1v) is 10.4. The predicted octanol–water partition coefficient (Wildman–Crippen LogP) is -0.749. The highest BCUT2D eigenvalue weighted by Crippen LogP contribution is 2.29. The lowest BCUT2D eigenvalue weighted by Crippen LogP contribution is -2.66. The number of carbonyl (C=O) groups excluding carboxylic acids is 1. The number of aryl methyl sites for hydroxylation is 1. The fourth-order valence-electron chi connectivity index (χ4n) is 3.33. The van der Waals surface area contributed by atoms with Gasteiger partial charge in [-0.15, -0.1) is 0 Å². The first-order chi connectivity index (χ1) is 14.5. The van der Waals surface area contributed by atoms with E-state index in [2.05, 4.69) is 9.50 Å². The molecule has 31 heavy (non-hydrogen) atoms. The van der Waals surface area contributed by atoms with Gasteiger partial charge in [-0.1, -0.05) is 0 Å². The molecule has 2 aromatic rings. The van der Waals surface area contributed by atoms with Crippen LogP contribution in [0.25, 0.3) is 11.0 Å². The van der Waals surface area contributed by atoms with Gasteiger partial charge < -0.3 is 29.4 Å². The Bertz CT molecular complexity index is 1130. The van der Waals surface area contributed by atoms with E-state index in [1.165, 1.54) is 18.2 Å². The minimum absolute atomic E-state index is 0.139. The summed E-state index contributed by atoms with van der Waals surface area (Å²) < 4.78 is 52.0. The standard InChI is InChI=1S/C18H21NO11S/c1-8-5-14(22)28-12-6-10(3-4-11(8)12)27-18-15(19-9(2)21)16(23)17(13(7-20)29-18)30-31(24,25)26/h3-6,13,15-18,20,23H,7H2,1-2H3,(H,19,21)(H,24,25,26). The average molecular weight is 459 g/mol. The molecule has 5 atom stereocenters. The summed E-state index contributed by atoms with van der Waals surface area (Å²) in [6, 6.07) is 4.55. The van der Waals surface area contributed by atoms with Gasteiger partial charge in [-0.2, -0.15) is 8.42 Å². The van der Waals surface area contributed by atoms with Crippen LogP contribution < -0.4 is 15.7 Å². The van der Waals surface area contributed by atoms with Crippen molar-refractivity contribution in [3.8, 4) is 5.75 Å². The maximum atomic E-state index is 11.6. The van der Waals surface area contributed by atoms with Crippen LogP contribution in [-0.2, 0) is 24.1 Å². The third kappa shape index (κ3) is 5.39. The monoisotopic (exact) mass is 459 g/mol. The van der Waals surface area contributed by atoms with Crippen molar-refractivity contribution < 1.29 is 46.1 Å². The van der Waals surface area contributed by atoms with Gasteiger partial charge in [0.2, 0.25) is 12.2 Å². The summed E-state index contributed by atoms with van der Waals surface area (Å²) in [5, 5.41) is 23.2. The molecule has 0 spiro atoms. The fraction of sp³-hybridized carbons (Fsp3) is 0.444. The summed E-state index contributed by atoms with van der Waals surface area (Å²) in [5.41, 5.74) is 0.346. The van der Waals surface area contributed by atoms with E-state index in [-0.39, 0.29) is 11.3 Å². The summed E-state index contributed by atoms with van der Waals surface area (Å²) in [4.78, 5) is 23.2. The molecule has 5 unspecified atom stereocenters. The third-order valence-electron chi connectivity index (χ3n) is 4.63. The molecule has 12 nitrogen and oxygen atoms in total. The van der Waals surface area contributed by atoms with Gasteiger partial charge in [-0.3, -0.25) is 9.35 Å². The SMILES string of the molecule is CC(=O)NC1C(Oc2ccc3c(C)cc(=O)oc3c2)OC(CO)C(OS(=O)(=O)O)C1O. The first-order valence-electron chi connectivity index (χ1n) is 9.07. The third-order valence-corrected chi connectivity index (χ3v) is 5.10. The summed E-state index contributed by atoms with van der Waals surface area (Å²) in [5.74, 6) is -0.464. The van der Waals surface area contributed by atoms with Crippen LogP contribution in [0.5, 0.6) is 5.75 Å². The maximum absolute atomic E-state index is 11.6. The molecule has 3 rings (SSSR count). The van der Waals surface area contributed by atoms with E-state index in [1.54, 1.807) is 13.0 Å². The van der Waals surface area contributed by atoms with Crippen LogP contribution >= 0.6 is 0 Å². The van der Waals surface area contributed by atoms with Gasteiger partial charge in [0.25, 0.3) is 0 Å². The van der Waals surface area contributed by atoms with E-state index in [4.69, 9.17) is 18.4 Å². The second-order valence-corrected chi connectivity index (χ2v) is 8.00. The number of carbonyl (C=O) groups is 1. The van der Waals surface area contributed by atoms with Crippen molar-refractivity contribution in [1.29, 1.82) is 0 Å². The van der Waals surface area contributed by atoms with Crippen molar-refractivity contribution in [2.24, 2.45) is 0 Å². The summed E-state index contributed by atoms with van der Waals surface area (Å²) in [6.45, 7) is 2.08. The van der Waals surface area contributed by atoms with E-state index in [1.807, 2.05) is 0 Å². The second-order valence-electron chi connectivity index (χ2n) is 6.96. The maximum Gasteiger partial charge on any atom is 0.397 e. The number of benzene rings is 1. The van der Waals surface area contributed by atoms with Crippen molar-refractivity contribution in [2.45, 2.75) is 44.5 Å². The molecule has 1 amide bonds. The molecule has 1 aromatic heterocycles. The fourth-order valence-corrected chi connectivity index (χ4v) is 3.85. The summed E-state index contributed by atoms with van der Waals surface area (Å²) in [6.07, 6.45) is -6.30. The Balaban J connectivity index is 1.93. The van der Waals surface area contributed by atoms with Crippen LogP contribution in [0.1, 0.15) is 12.5 Å². The lowest BCUT2D eigenvalue weighted by molar-refractivity contribution is -0.239. The number of hydrogen-bond acceptors (Lipinski definition) is 10. The smallest absolute Gasteiger partial charge is 0.397 e. The Labute approximate surface area is 176 Å². The number of amides is 1. The molecule has 0 bridgehead atoms. The molecule has 13 heteroatoms. The van der Waals surface area contributed by atoms with Crippen LogP contribution in [0.2, 0.25) is 0 Å². The van der Waals surface area contributed by atoms with E-state index >= 15 is 0 Å². The molecular formula is C18H21NO11S. The zero-order chi connectivity index (χ0) is 22.9. The lowest BCUT2D eigenvalue weighted by Gasteiger charge is -2.43. The molecule has 0 aliphatic carbocycles. The number of nitrogens with one attached hydrogen (secondary N) is 1. The number of aliphatic hydroxyl groups excluding tert-OH is 2. The van der Waals surface area contributed by atoms with E-state index < -0.39 is 59.2 Å². The van der Waals surface area contributed by atoms with Gasteiger partial charge in [-0.25, -0.2) is 8.98 Å². The van der Waals surface area contributed by atoms with Gasteiger partial charge in [-0.05, 0) is 24.6 Å². The lowest BCUT2D eigenvalue weighted by atomic mass is 9.97. The summed E-state index contributed by atoms with van der Waals surface area (Å²) >= 11 is 0. The first kappa shape index (κ1) is 23.1. The van der Waals surface area contributed by atoms with Gasteiger partial charge in [0, 0.05) is 24.4 Å². The quantitative estimate of drug-likeness (QED) is 0.315. The number of hydrogen-bond donors (Lipinski definition) is 4. The molecular weight excluding hydrogens is 438 g/mol. The Morgan fingerprint density at radius 2 is 2.00 bits per heavy atom. The zero-order valence-electron chi connectivity index (χ0n) is 16.4. The van der Waals surface area contributed by atoms with Crippen LogP contribution in [0.3, 0.4) is 0 Å². The number of rotatable bonds is 6. The van der Waals surface area contributed by atoms with Gasteiger partial charge in [0.05, 0.1) is 6.61 Å². The molecule has 1 aromatic carbocycles. The largest absolute Gasteiger partial charge is 0.462 e. The van der Waals surface area contributed by atoms with Crippen LogP contribution in [0.15, 0.2) is 33.5 Å². The van der Waals surface area contributed by atoms with E-state index in [0.717, 1.165) is 6.92 Å². The second kappa shape index (κ2) is 8.90. The van der Waals surface area contributed by atoms with Gasteiger partial charge in [0.1, 0.15) is 35.7 Å². The molecule has 170 valence electrons. The van der Waals surface area contributed by atoms with Crippen LogP contribution in [0, 0.1) is 6.92 Å². The van der Waals surface area contributed by atoms with E-state index in [9.17, 15) is 28.2 Å². The summed E-state index contributed by atoms with van der Waals surface area (Å²) in [7, 11) is -5.01. The van der Waals surface area contributed by atoms with Crippen LogP contribution in [-0.4, -0.2) is 66.3 Å². The topological polar surface area (TPSA) is 182 Å². The van der Waals surface area contributed by atoms with Crippen LogP contribution in [0.4, 0.5) is 0 Å². The van der Waals surface area contributed by atoms with Gasteiger partial charge >= 0.3 is 16.0 Å². The van der Waals surface area contributed by atoms with Crippen molar-refractivity contribution in [1.82, 2.24) is 5.32 Å². The minimum atomic E-state index is -5.01. The predicted molar refractivity (Wildman–Crippen MR) is 104 cm³/mol. The van der Waals surface area contributed by atoms with Gasteiger partial charge in [0.15, 0.2) is 0 Å². The van der Waals surface area contributed by atoms with Crippen molar-refractivity contribution in [3.05, 3.63) is 40.2 Å². The molecule has 0 radical (unpaired) electrons. The molecule has 1 aliphatic heterocycles. The minimum Gasteiger partial charge on any atom is -0.462 e. The molecule has 1 aliphatic rings. The highest BCUT2D eigenvalue weighted by atomic mass is 32.3. The zero-order valence-corrected chi connectivity index (χ0v) is 17.2. The molecule has 1 saturated heterocycles. The number of ether oxygens (including phenoxy) is 2. The average Bonchev–Trinajstić information content (AvgIpc) is 2.65. The van der Waals surface area contributed by atoms with Crippen molar-refractivity contribution in [2.75, 3.05) is 6.61 Å². The Hall–Kier alpha value is -2.55. The van der Waals surface area contributed by atoms with Crippen molar-refractivity contribution in [3.63, 3.8) is 0 Å². The highest BCUT2D eigenvalue weighted by molar-refractivity contribution is 7.80.